The molecular weight excluding hydrogens is 640 g/mol. The lowest BCUT2D eigenvalue weighted by atomic mass is 9.98. The molecule has 0 bridgehead atoms. The molecule has 0 aliphatic carbocycles. The first-order chi connectivity index (χ1) is 24.2. The minimum atomic E-state index is -0.706. The average Bonchev–Trinajstić information content (AvgIpc) is 3.79. The van der Waals surface area contributed by atoms with Gasteiger partial charge in [-0.05, 0) is 66.8 Å². The summed E-state index contributed by atoms with van der Waals surface area (Å²) >= 11 is 0. The second kappa shape index (κ2) is 17.3. The van der Waals surface area contributed by atoms with Gasteiger partial charge in [-0.2, -0.15) is 0 Å². The number of fused-ring (bicyclic) bond motifs is 1. The molecule has 3 heterocycles. The van der Waals surface area contributed by atoms with Crippen LogP contribution in [0.3, 0.4) is 0 Å². The number of carbonyl (C=O) groups is 4. The van der Waals surface area contributed by atoms with E-state index in [-0.39, 0.29) is 23.8 Å². The van der Waals surface area contributed by atoms with Crippen LogP contribution < -0.4 is 16.0 Å². The quantitative estimate of drug-likeness (QED) is 0.256. The maximum Gasteiger partial charge on any atom is 0.407 e. The van der Waals surface area contributed by atoms with Crippen LogP contribution in [0.15, 0.2) is 42.6 Å². The van der Waals surface area contributed by atoms with E-state index in [9.17, 15) is 19.2 Å². The molecular formula is C37H50N6O7. The molecule has 3 aromatic rings. The predicted molar refractivity (Wildman–Crippen MR) is 188 cm³/mol. The fourth-order valence-corrected chi connectivity index (χ4v) is 6.79. The summed E-state index contributed by atoms with van der Waals surface area (Å²) in [5.41, 5.74) is 2.91. The van der Waals surface area contributed by atoms with Crippen molar-refractivity contribution in [2.45, 2.75) is 89.4 Å². The number of alkyl carbamates (subject to hydrolysis) is 2. The van der Waals surface area contributed by atoms with Crippen molar-refractivity contribution in [2.75, 3.05) is 34.0 Å². The predicted octanol–water partition coefficient (Wildman–Crippen LogP) is 5.01. The molecule has 4 atom stereocenters. The first-order valence-corrected chi connectivity index (χ1v) is 17.6. The highest BCUT2D eigenvalue weighted by Gasteiger charge is 2.35. The third kappa shape index (κ3) is 9.32. The van der Waals surface area contributed by atoms with Gasteiger partial charge in [-0.3, -0.25) is 9.59 Å². The molecule has 2 saturated heterocycles. The number of H-pyrrole nitrogens is 1. The summed E-state index contributed by atoms with van der Waals surface area (Å²) in [5, 5.41) is 10.6. The Morgan fingerprint density at radius 2 is 1.74 bits per heavy atom. The van der Waals surface area contributed by atoms with E-state index in [1.165, 1.54) is 14.2 Å². The largest absolute Gasteiger partial charge is 0.453 e. The van der Waals surface area contributed by atoms with Crippen LogP contribution in [0.25, 0.3) is 22.0 Å². The van der Waals surface area contributed by atoms with E-state index < -0.39 is 30.3 Å². The molecule has 4 amide bonds. The Balaban J connectivity index is 1.28. The fraction of sp³-hybridized carbons (Fsp3) is 0.541. The van der Waals surface area contributed by atoms with Gasteiger partial charge in [0.15, 0.2) is 0 Å². The number of likely N-dealkylation sites (tertiary alicyclic amines) is 1. The Morgan fingerprint density at radius 1 is 0.960 bits per heavy atom. The van der Waals surface area contributed by atoms with Gasteiger partial charge in [0.05, 0.1) is 32.2 Å². The van der Waals surface area contributed by atoms with Crippen molar-refractivity contribution in [3.05, 3.63) is 54.0 Å². The highest BCUT2D eigenvalue weighted by atomic mass is 16.5. The number of methoxy groups -OCH3 is 2. The normalized spacial score (nSPS) is 21.1. The molecule has 0 saturated carbocycles. The maximum atomic E-state index is 13.5. The fourth-order valence-electron chi connectivity index (χ4n) is 6.79. The monoisotopic (exact) mass is 690 g/mol. The van der Waals surface area contributed by atoms with Crippen LogP contribution in [0, 0.1) is 5.92 Å². The average molecular weight is 691 g/mol. The zero-order valence-corrected chi connectivity index (χ0v) is 29.5. The molecule has 13 nitrogen and oxygen atoms in total. The second-order valence-corrected chi connectivity index (χ2v) is 13.5. The van der Waals surface area contributed by atoms with Crippen LogP contribution in [0.1, 0.15) is 76.2 Å². The number of imidazole rings is 1. The number of rotatable bonds is 8. The van der Waals surface area contributed by atoms with Crippen molar-refractivity contribution in [1.29, 1.82) is 0 Å². The molecule has 2 aliphatic rings. The van der Waals surface area contributed by atoms with Crippen LogP contribution in [0.4, 0.5) is 9.59 Å². The van der Waals surface area contributed by atoms with Crippen molar-refractivity contribution < 1.29 is 33.4 Å². The molecule has 2 fully saturated rings. The number of carbonyl (C=O) groups excluding carboxylic acids is 4. The highest BCUT2D eigenvalue weighted by Crippen LogP contribution is 2.28. The summed E-state index contributed by atoms with van der Waals surface area (Å²) < 4.78 is 15.3. The molecule has 0 radical (unpaired) electrons. The molecule has 2 aliphatic heterocycles. The first kappa shape index (κ1) is 36.6. The Bertz CT molecular complexity index is 1640. The lowest BCUT2D eigenvalue weighted by Gasteiger charge is -2.31. The van der Waals surface area contributed by atoms with Gasteiger partial charge < -0.3 is 40.0 Å². The number of nitrogens with zero attached hydrogens (tertiary/aromatic N) is 2. The number of aromatic amines is 1. The number of benzene rings is 2. The van der Waals surface area contributed by atoms with E-state index in [0.29, 0.717) is 38.4 Å². The number of nitrogens with one attached hydrogen (secondary N) is 4. The molecule has 2 aromatic carbocycles. The summed E-state index contributed by atoms with van der Waals surface area (Å²) in [5.74, 6) is 0.180. The van der Waals surface area contributed by atoms with Crippen LogP contribution >= 0.6 is 0 Å². The highest BCUT2D eigenvalue weighted by molar-refractivity contribution is 5.88. The summed E-state index contributed by atoms with van der Waals surface area (Å²) in [6.07, 6.45) is 6.67. The van der Waals surface area contributed by atoms with E-state index in [4.69, 9.17) is 14.2 Å². The Hall–Kier alpha value is -4.65. The zero-order valence-electron chi connectivity index (χ0n) is 29.5. The summed E-state index contributed by atoms with van der Waals surface area (Å²) in [6, 6.07) is 10.9. The van der Waals surface area contributed by atoms with Crippen LogP contribution in [0.2, 0.25) is 0 Å². The van der Waals surface area contributed by atoms with Crippen molar-refractivity contribution in [3.63, 3.8) is 0 Å². The van der Waals surface area contributed by atoms with Crippen LogP contribution in [0.5, 0.6) is 0 Å². The van der Waals surface area contributed by atoms with Crippen LogP contribution in [-0.4, -0.2) is 91.0 Å². The van der Waals surface area contributed by atoms with Crippen molar-refractivity contribution in [3.8, 4) is 11.3 Å². The summed E-state index contributed by atoms with van der Waals surface area (Å²) in [7, 11) is 2.58. The lowest BCUT2D eigenvalue weighted by molar-refractivity contribution is -0.135. The summed E-state index contributed by atoms with van der Waals surface area (Å²) in [6.45, 7) is 5.61. The van der Waals surface area contributed by atoms with E-state index in [2.05, 4.69) is 56.3 Å². The Kier molecular flexibility index (Phi) is 12.7. The van der Waals surface area contributed by atoms with E-state index in [1.54, 1.807) is 6.20 Å². The minimum Gasteiger partial charge on any atom is -0.453 e. The molecule has 4 N–H and O–H groups in total. The standard InChI is InChI=1S/C37H50N6O7/c1-23(2)32(42-37(47)49-4)35(45)43-16-8-9-28(43)20-24-11-12-26-21-27(14-13-25(26)19-24)31-22-38-33(39-31)29-15-18-50-17-7-5-6-10-30(34(44)40-29)41-36(46)48-3/h11-14,19,21-23,28-30,32H,5-10,15-18,20H2,1-4H3,(H,38,39)(H,40,44)(H,41,46)(H,42,47)/t28-,29-,30-,32-/m0/s1. The molecule has 0 unspecified atom stereocenters. The number of hydrogen-bond donors (Lipinski definition) is 4. The van der Waals surface area contributed by atoms with Gasteiger partial charge in [-0.1, -0.05) is 57.0 Å². The smallest absolute Gasteiger partial charge is 0.407 e. The Morgan fingerprint density at radius 3 is 2.52 bits per heavy atom. The van der Waals surface area contributed by atoms with Gasteiger partial charge in [0.2, 0.25) is 11.8 Å². The molecule has 0 spiro atoms. The number of ether oxygens (including phenoxy) is 3. The topological polar surface area (TPSA) is 164 Å². The van der Waals surface area contributed by atoms with E-state index in [0.717, 1.165) is 66.1 Å². The molecule has 270 valence electrons. The summed E-state index contributed by atoms with van der Waals surface area (Å²) in [4.78, 5) is 60.6. The maximum absolute atomic E-state index is 13.5. The molecule has 13 heteroatoms. The van der Waals surface area contributed by atoms with E-state index >= 15 is 0 Å². The second-order valence-electron chi connectivity index (χ2n) is 13.5. The van der Waals surface area contributed by atoms with Gasteiger partial charge in [0.25, 0.3) is 0 Å². The van der Waals surface area contributed by atoms with Gasteiger partial charge in [-0.15, -0.1) is 0 Å². The van der Waals surface area contributed by atoms with Gasteiger partial charge in [0, 0.05) is 31.4 Å². The van der Waals surface area contributed by atoms with Gasteiger partial charge in [-0.25, -0.2) is 14.6 Å². The SMILES string of the molecule is COC(=O)N[C@H]1CCCCCOCC[C@@H](c2ncc(-c3ccc4cc(C[C@@H]5CCCN5C(=O)[C@@H](NC(=O)OC)C(C)C)ccc4c3)[nH]2)NC1=O. The Labute approximate surface area is 293 Å². The third-order valence-corrected chi connectivity index (χ3v) is 9.61. The number of hydrogen-bond acceptors (Lipinski definition) is 8. The molecule has 1 aromatic heterocycles. The number of amides is 4. The number of aromatic nitrogens is 2. The van der Waals surface area contributed by atoms with E-state index in [1.807, 2.05) is 24.8 Å². The van der Waals surface area contributed by atoms with Gasteiger partial charge >= 0.3 is 12.2 Å². The first-order valence-electron chi connectivity index (χ1n) is 17.6. The molecule has 50 heavy (non-hydrogen) atoms. The van der Waals surface area contributed by atoms with Crippen molar-refractivity contribution in [2.24, 2.45) is 5.92 Å². The molecule has 5 rings (SSSR count). The van der Waals surface area contributed by atoms with Crippen molar-refractivity contribution in [1.82, 2.24) is 30.8 Å². The minimum absolute atomic E-state index is 0.0523. The lowest BCUT2D eigenvalue weighted by Crippen LogP contribution is -2.52. The zero-order chi connectivity index (χ0) is 35.6. The van der Waals surface area contributed by atoms with Crippen molar-refractivity contribution >= 4 is 34.8 Å². The van der Waals surface area contributed by atoms with Gasteiger partial charge in [0.1, 0.15) is 17.9 Å². The third-order valence-electron chi connectivity index (χ3n) is 9.61. The van der Waals surface area contributed by atoms with Crippen LogP contribution in [-0.2, 0) is 30.2 Å².